The van der Waals surface area contributed by atoms with Crippen LogP contribution in [0.5, 0.6) is 0 Å². The van der Waals surface area contributed by atoms with Gasteiger partial charge in [-0.3, -0.25) is 0 Å². The third-order valence-electron chi connectivity index (χ3n) is 1.51. The van der Waals surface area contributed by atoms with E-state index in [4.69, 9.17) is 0 Å². The van der Waals surface area contributed by atoms with Crippen molar-refractivity contribution in [3.8, 4) is 0 Å². The summed E-state index contributed by atoms with van der Waals surface area (Å²) in [5.41, 5.74) is 0. The van der Waals surface area contributed by atoms with Crippen molar-refractivity contribution in [1.82, 2.24) is 14.3 Å². The molecule has 0 saturated carbocycles. The number of carbonyl (C=O) groups is 1. The van der Waals surface area contributed by atoms with Gasteiger partial charge in [-0.05, 0) is 0 Å². The van der Waals surface area contributed by atoms with Crippen molar-refractivity contribution in [3.63, 3.8) is 0 Å². The minimum absolute atomic E-state index is 0.152. The summed E-state index contributed by atoms with van der Waals surface area (Å²) in [4.78, 5) is 16.1. The van der Waals surface area contributed by atoms with Crippen LogP contribution in [-0.4, -0.2) is 42.3 Å². The number of aromatic nitrogens is 2. The highest BCUT2D eigenvalue weighted by molar-refractivity contribution is 7.89. The lowest BCUT2D eigenvalue weighted by Crippen LogP contribution is -2.39. The predicted octanol–water partition coefficient (Wildman–Crippen LogP) is -2.22. The van der Waals surface area contributed by atoms with E-state index in [0.29, 0.717) is 4.31 Å². The van der Waals surface area contributed by atoms with Gasteiger partial charge in [0.15, 0.2) is 5.03 Å². The first kappa shape index (κ1) is 10.7. The zero-order valence-corrected chi connectivity index (χ0v) is 8.11. The van der Waals surface area contributed by atoms with E-state index in [0.717, 1.165) is 13.2 Å². The third kappa shape index (κ3) is 2.09. The summed E-state index contributed by atoms with van der Waals surface area (Å²) in [6, 6.07) is 0. The van der Waals surface area contributed by atoms with Gasteiger partial charge < -0.3 is 14.9 Å². The fourth-order valence-corrected chi connectivity index (χ4v) is 1.83. The number of carbonyl (C=O) groups excluding carboxylic acids is 1. The van der Waals surface area contributed by atoms with Gasteiger partial charge >= 0.3 is 0 Å². The molecular weight excluding hydrogens is 210 g/mol. The van der Waals surface area contributed by atoms with Crippen LogP contribution >= 0.6 is 0 Å². The first-order valence-electron chi connectivity index (χ1n) is 3.59. The molecule has 0 fully saturated rings. The molecule has 1 aromatic heterocycles. The molecule has 78 valence electrons. The quantitative estimate of drug-likeness (QED) is 0.616. The summed E-state index contributed by atoms with van der Waals surface area (Å²) >= 11 is 0. The number of nitrogens with one attached hydrogen (secondary N) is 1. The van der Waals surface area contributed by atoms with Gasteiger partial charge in [0.2, 0.25) is 0 Å². The van der Waals surface area contributed by atoms with Gasteiger partial charge in [0.1, 0.15) is 0 Å². The number of nitrogens with zero attached hydrogens (tertiary/aromatic N) is 2. The van der Waals surface area contributed by atoms with Crippen LogP contribution in [-0.2, 0) is 14.8 Å². The largest absolute Gasteiger partial charge is 0.549 e. The van der Waals surface area contributed by atoms with Crippen LogP contribution < -0.4 is 5.11 Å². The van der Waals surface area contributed by atoms with Gasteiger partial charge in [-0.25, -0.2) is 13.4 Å². The Morgan fingerprint density at radius 1 is 1.71 bits per heavy atom. The first-order valence-corrected chi connectivity index (χ1v) is 5.03. The molecular formula is C6H8N3O4S-. The summed E-state index contributed by atoms with van der Waals surface area (Å²) in [5.74, 6) is -1.46. The van der Waals surface area contributed by atoms with Crippen molar-refractivity contribution >= 4 is 16.0 Å². The summed E-state index contributed by atoms with van der Waals surface area (Å²) in [7, 11) is -2.65. The van der Waals surface area contributed by atoms with Gasteiger partial charge in [-0.15, -0.1) is 0 Å². The highest BCUT2D eigenvalue weighted by Gasteiger charge is 2.21. The van der Waals surface area contributed by atoms with Crippen LogP contribution in [0.1, 0.15) is 0 Å². The Labute approximate surface area is 80.4 Å². The molecule has 14 heavy (non-hydrogen) atoms. The average Bonchev–Trinajstić information content (AvgIpc) is 2.54. The van der Waals surface area contributed by atoms with Crippen LogP contribution in [0.2, 0.25) is 0 Å². The topological polar surface area (TPSA) is 106 Å². The van der Waals surface area contributed by atoms with Crippen LogP contribution in [0.15, 0.2) is 17.6 Å². The van der Waals surface area contributed by atoms with Crippen molar-refractivity contribution in [2.45, 2.75) is 5.03 Å². The summed E-state index contributed by atoms with van der Waals surface area (Å²) in [6.07, 6.45) is 2.29. The Hall–Kier alpha value is -1.41. The highest BCUT2D eigenvalue weighted by Crippen LogP contribution is 2.08. The highest BCUT2D eigenvalue weighted by atomic mass is 32.2. The number of aromatic amines is 1. The zero-order chi connectivity index (χ0) is 10.8. The Balaban J connectivity index is 2.92. The molecule has 1 N–H and O–H groups in total. The fraction of sp³-hybridized carbons (Fsp3) is 0.333. The predicted molar refractivity (Wildman–Crippen MR) is 43.4 cm³/mol. The maximum Gasteiger partial charge on any atom is 0.260 e. The van der Waals surface area contributed by atoms with Gasteiger partial charge in [0.05, 0.1) is 25.0 Å². The SMILES string of the molecule is CN(CC(=O)[O-])S(=O)(=O)c1cnc[nH]1. The number of sulfonamides is 1. The van der Waals surface area contributed by atoms with Crippen LogP contribution in [0.25, 0.3) is 0 Å². The number of hydrogen-bond acceptors (Lipinski definition) is 5. The average molecular weight is 218 g/mol. The summed E-state index contributed by atoms with van der Waals surface area (Å²) in [5, 5.41) is 10.0. The number of likely N-dealkylation sites (N-methyl/N-ethyl adjacent to an activating group) is 1. The van der Waals surface area contributed by atoms with Crippen LogP contribution in [0, 0.1) is 0 Å². The lowest BCUT2D eigenvalue weighted by molar-refractivity contribution is -0.305. The van der Waals surface area contributed by atoms with E-state index < -0.39 is 22.5 Å². The van der Waals surface area contributed by atoms with Crippen molar-refractivity contribution in [2.75, 3.05) is 13.6 Å². The summed E-state index contributed by atoms with van der Waals surface area (Å²) in [6.45, 7) is -0.693. The summed E-state index contributed by atoms with van der Waals surface area (Å²) < 4.78 is 23.6. The molecule has 0 radical (unpaired) electrons. The Kier molecular flexibility index (Phi) is 2.87. The monoisotopic (exact) mass is 218 g/mol. The molecule has 0 aliphatic rings. The minimum Gasteiger partial charge on any atom is -0.549 e. The molecule has 0 amide bonds. The van der Waals surface area contributed by atoms with E-state index in [9.17, 15) is 18.3 Å². The Morgan fingerprint density at radius 2 is 2.36 bits per heavy atom. The smallest absolute Gasteiger partial charge is 0.260 e. The van der Waals surface area contributed by atoms with Crippen LogP contribution in [0.3, 0.4) is 0 Å². The standard InChI is InChI=1S/C6H9N3O4S/c1-9(3-6(10)11)14(12,13)5-2-7-4-8-5/h2,4H,3H2,1H3,(H,7,8)(H,10,11)/p-1. The molecule has 8 heteroatoms. The molecule has 0 aliphatic heterocycles. The second kappa shape index (κ2) is 3.76. The molecule has 0 spiro atoms. The molecule has 0 saturated heterocycles. The molecule has 0 aliphatic carbocycles. The number of hydrogen-bond donors (Lipinski definition) is 1. The van der Waals surface area contributed by atoms with Gasteiger partial charge in [-0.1, -0.05) is 0 Å². The fourth-order valence-electron chi connectivity index (χ4n) is 0.819. The minimum atomic E-state index is -3.80. The second-order valence-electron chi connectivity index (χ2n) is 2.55. The molecule has 0 unspecified atom stereocenters. The zero-order valence-electron chi connectivity index (χ0n) is 7.30. The molecule has 1 rings (SSSR count). The molecule has 1 aromatic rings. The maximum absolute atomic E-state index is 11.5. The van der Waals surface area contributed by atoms with E-state index >= 15 is 0 Å². The second-order valence-corrected chi connectivity index (χ2v) is 4.56. The molecule has 0 aromatic carbocycles. The van der Waals surface area contributed by atoms with E-state index in [1.807, 2.05) is 0 Å². The maximum atomic E-state index is 11.5. The van der Waals surface area contributed by atoms with Gasteiger partial charge in [0, 0.05) is 7.05 Å². The number of rotatable bonds is 4. The number of aliphatic carboxylic acids is 1. The van der Waals surface area contributed by atoms with Gasteiger partial charge in [-0.2, -0.15) is 4.31 Å². The molecule has 0 bridgehead atoms. The van der Waals surface area contributed by atoms with Crippen molar-refractivity contribution in [3.05, 3.63) is 12.5 Å². The lowest BCUT2D eigenvalue weighted by atomic mass is 10.7. The van der Waals surface area contributed by atoms with E-state index in [1.54, 1.807) is 0 Å². The van der Waals surface area contributed by atoms with Crippen molar-refractivity contribution in [1.29, 1.82) is 0 Å². The van der Waals surface area contributed by atoms with Gasteiger partial charge in [0.25, 0.3) is 10.0 Å². The number of carboxylic acids is 1. The number of imidazole rings is 1. The van der Waals surface area contributed by atoms with E-state index in [1.165, 1.54) is 6.33 Å². The van der Waals surface area contributed by atoms with Crippen molar-refractivity contribution < 1.29 is 18.3 Å². The first-order chi connectivity index (χ1) is 6.44. The Bertz CT molecular complexity index is 410. The Morgan fingerprint density at radius 3 is 2.79 bits per heavy atom. The number of H-pyrrole nitrogens is 1. The normalized spacial score (nSPS) is 11.9. The van der Waals surface area contributed by atoms with Crippen LogP contribution in [0.4, 0.5) is 0 Å². The van der Waals surface area contributed by atoms with Crippen molar-refractivity contribution in [2.24, 2.45) is 0 Å². The number of carboxylic acid groups (broad SMARTS) is 1. The lowest BCUT2D eigenvalue weighted by Gasteiger charge is -2.15. The third-order valence-corrected chi connectivity index (χ3v) is 3.24. The molecule has 0 atom stereocenters. The molecule has 1 heterocycles. The molecule has 7 nitrogen and oxygen atoms in total. The van der Waals surface area contributed by atoms with E-state index in [-0.39, 0.29) is 5.03 Å². The van der Waals surface area contributed by atoms with E-state index in [2.05, 4.69) is 9.97 Å².